The number of anilines is 4. The fraction of sp³-hybridized carbons (Fsp3) is 0.286. The normalized spacial score (nSPS) is 13.7. The van der Waals surface area contributed by atoms with E-state index in [-0.39, 0.29) is 6.04 Å². The van der Waals surface area contributed by atoms with Gasteiger partial charge in [0, 0.05) is 45.0 Å². The highest BCUT2D eigenvalue weighted by Crippen LogP contribution is 2.35. The Kier molecular flexibility index (Phi) is 7.48. The number of benzene rings is 2. The first-order valence-corrected chi connectivity index (χ1v) is 12.7. The van der Waals surface area contributed by atoms with E-state index in [1.165, 1.54) is 6.33 Å². The van der Waals surface area contributed by atoms with Gasteiger partial charge in [-0.25, -0.2) is 19.9 Å². The third-order valence-electron chi connectivity index (χ3n) is 6.71. The summed E-state index contributed by atoms with van der Waals surface area (Å²) in [5.74, 6) is 2.63. The zero-order valence-corrected chi connectivity index (χ0v) is 22.3. The molecule has 0 atom stereocenters. The van der Waals surface area contributed by atoms with Gasteiger partial charge in [-0.05, 0) is 62.4 Å². The molecule has 0 saturated carbocycles. The number of rotatable bonds is 9. The van der Waals surface area contributed by atoms with E-state index in [1.54, 1.807) is 6.20 Å². The van der Waals surface area contributed by atoms with Crippen molar-refractivity contribution in [3.8, 4) is 11.5 Å². The molecule has 39 heavy (non-hydrogen) atoms. The van der Waals surface area contributed by atoms with Crippen LogP contribution in [0.3, 0.4) is 0 Å². The minimum atomic E-state index is 0.188. The van der Waals surface area contributed by atoms with Crippen LogP contribution in [0.25, 0.3) is 11.0 Å². The molecule has 0 spiro atoms. The lowest BCUT2D eigenvalue weighted by atomic mass is 10.1. The SMILES string of the molecule is C=Nc1cc(Oc2ccc(Nc3ncnc4cnc(N5CCC(NC=O)CC5)nc34)cc2C)ccc1N(C)C. The number of aliphatic imine (C=N–C) groups is 1. The van der Waals surface area contributed by atoms with E-state index in [2.05, 4.69) is 42.2 Å². The van der Waals surface area contributed by atoms with Gasteiger partial charge in [-0.1, -0.05) is 0 Å². The van der Waals surface area contributed by atoms with Crippen molar-refractivity contribution in [1.82, 2.24) is 25.3 Å². The largest absolute Gasteiger partial charge is 0.457 e. The molecule has 5 rings (SSSR count). The summed E-state index contributed by atoms with van der Waals surface area (Å²) in [5.41, 5.74) is 4.81. The summed E-state index contributed by atoms with van der Waals surface area (Å²) in [6.45, 7) is 7.19. The Morgan fingerprint density at radius 1 is 1.13 bits per heavy atom. The van der Waals surface area contributed by atoms with Crippen molar-refractivity contribution < 1.29 is 9.53 Å². The molecule has 3 heterocycles. The van der Waals surface area contributed by atoms with Crippen molar-refractivity contribution >= 4 is 53.0 Å². The lowest BCUT2D eigenvalue weighted by Gasteiger charge is -2.31. The monoisotopic (exact) mass is 525 g/mol. The van der Waals surface area contributed by atoms with Gasteiger partial charge in [0.2, 0.25) is 12.4 Å². The number of carbonyl (C=O) groups excluding carboxylic acids is 1. The molecule has 0 aliphatic carbocycles. The number of nitrogens with one attached hydrogen (secondary N) is 2. The quantitative estimate of drug-likeness (QED) is 0.242. The van der Waals surface area contributed by atoms with E-state index in [0.29, 0.717) is 28.5 Å². The highest BCUT2D eigenvalue weighted by molar-refractivity contribution is 5.87. The molecule has 1 aliphatic rings. The van der Waals surface area contributed by atoms with Crippen LogP contribution in [0.2, 0.25) is 0 Å². The lowest BCUT2D eigenvalue weighted by Crippen LogP contribution is -2.42. The summed E-state index contributed by atoms with van der Waals surface area (Å²) >= 11 is 0. The van der Waals surface area contributed by atoms with E-state index < -0.39 is 0 Å². The smallest absolute Gasteiger partial charge is 0.226 e. The number of piperidine rings is 1. The average molecular weight is 526 g/mol. The highest BCUT2D eigenvalue weighted by Gasteiger charge is 2.21. The zero-order valence-electron chi connectivity index (χ0n) is 22.3. The van der Waals surface area contributed by atoms with Gasteiger partial charge in [-0.15, -0.1) is 0 Å². The molecule has 1 amide bonds. The Balaban J connectivity index is 1.34. The number of amides is 1. The summed E-state index contributed by atoms with van der Waals surface area (Å²) in [5, 5.41) is 6.24. The summed E-state index contributed by atoms with van der Waals surface area (Å²) in [4.78, 5) is 37.1. The van der Waals surface area contributed by atoms with Crippen LogP contribution in [0.15, 0.2) is 53.9 Å². The number of aryl methyl sites for hydroxylation is 1. The predicted molar refractivity (Wildman–Crippen MR) is 154 cm³/mol. The maximum absolute atomic E-state index is 10.8. The molecule has 2 aromatic carbocycles. The van der Waals surface area contributed by atoms with Gasteiger partial charge < -0.3 is 25.2 Å². The Morgan fingerprint density at radius 2 is 1.95 bits per heavy atom. The lowest BCUT2D eigenvalue weighted by molar-refractivity contribution is -0.110. The number of aromatic nitrogens is 4. The van der Waals surface area contributed by atoms with Gasteiger partial charge in [0.1, 0.15) is 28.9 Å². The third-order valence-corrected chi connectivity index (χ3v) is 6.71. The molecule has 1 fully saturated rings. The molecule has 1 saturated heterocycles. The van der Waals surface area contributed by atoms with Crippen LogP contribution in [0, 0.1) is 6.92 Å². The number of ether oxygens (including phenoxy) is 1. The van der Waals surface area contributed by atoms with Gasteiger partial charge in [0.15, 0.2) is 5.82 Å². The van der Waals surface area contributed by atoms with Crippen LogP contribution in [-0.4, -0.2) is 66.3 Å². The van der Waals surface area contributed by atoms with E-state index in [9.17, 15) is 4.79 Å². The van der Waals surface area contributed by atoms with Crippen LogP contribution in [-0.2, 0) is 4.79 Å². The minimum Gasteiger partial charge on any atom is -0.457 e. The summed E-state index contributed by atoms with van der Waals surface area (Å²) in [6, 6.07) is 11.8. The Labute approximate surface area is 227 Å². The maximum atomic E-state index is 10.8. The first-order valence-electron chi connectivity index (χ1n) is 12.7. The van der Waals surface area contributed by atoms with Crippen LogP contribution in [0.1, 0.15) is 18.4 Å². The second kappa shape index (κ2) is 11.3. The first kappa shape index (κ1) is 25.8. The van der Waals surface area contributed by atoms with Crippen LogP contribution < -0.4 is 25.2 Å². The Hall–Kier alpha value is -4.80. The van der Waals surface area contributed by atoms with Crippen molar-refractivity contribution in [2.45, 2.75) is 25.8 Å². The summed E-state index contributed by atoms with van der Waals surface area (Å²) in [7, 11) is 3.93. The maximum Gasteiger partial charge on any atom is 0.226 e. The van der Waals surface area contributed by atoms with Gasteiger partial charge in [-0.2, -0.15) is 0 Å². The van der Waals surface area contributed by atoms with E-state index in [4.69, 9.17) is 9.72 Å². The van der Waals surface area contributed by atoms with Crippen molar-refractivity contribution in [2.24, 2.45) is 4.99 Å². The second-order valence-electron chi connectivity index (χ2n) is 9.58. The van der Waals surface area contributed by atoms with Crippen molar-refractivity contribution in [2.75, 3.05) is 42.3 Å². The number of nitrogens with zero attached hydrogens (tertiary/aromatic N) is 7. The topological polar surface area (TPSA) is 121 Å². The molecule has 11 heteroatoms. The van der Waals surface area contributed by atoms with Crippen molar-refractivity contribution in [3.63, 3.8) is 0 Å². The Morgan fingerprint density at radius 3 is 2.67 bits per heavy atom. The average Bonchev–Trinajstić information content (AvgIpc) is 2.95. The van der Waals surface area contributed by atoms with Gasteiger partial charge in [-0.3, -0.25) is 9.79 Å². The molecule has 11 nitrogen and oxygen atoms in total. The molecule has 1 aliphatic heterocycles. The number of fused-ring (bicyclic) bond motifs is 1. The van der Waals surface area contributed by atoms with Gasteiger partial charge in [0.05, 0.1) is 17.6 Å². The molecular weight excluding hydrogens is 494 g/mol. The van der Waals surface area contributed by atoms with Gasteiger partial charge in [0.25, 0.3) is 0 Å². The molecule has 0 bridgehead atoms. The highest BCUT2D eigenvalue weighted by atomic mass is 16.5. The fourth-order valence-electron chi connectivity index (χ4n) is 4.61. The predicted octanol–water partition coefficient (Wildman–Crippen LogP) is 4.38. The standard InChI is InChI=1S/C28H31N9O2/c1-18-13-20(5-8-25(18)39-21-6-7-24(36(3)4)22(14-21)29-2)34-27-26-23(31-16-32-27)15-30-28(35-26)37-11-9-19(10-12-37)33-17-38/h5-8,13-17,19H,2,9-12H2,1,3-4H3,(H,33,38)(H,31,32,34). The molecule has 200 valence electrons. The molecule has 0 radical (unpaired) electrons. The zero-order chi connectivity index (χ0) is 27.4. The minimum absolute atomic E-state index is 0.188. The summed E-state index contributed by atoms with van der Waals surface area (Å²) in [6.07, 6.45) is 5.67. The first-order chi connectivity index (χ1) is 18.9. The van der Waals surface area contributed by atoms with Crippen LogP contribution in [0.4, 0.5) is 28.8 Å². The van der Waals surface area contributed by atoms with E-state index >= 15 is 0 Å². The second-order valence-corrected chi connectivity index (χ2v) is 9.58. The number of hydrogen-bond acceptors (Lipinski definition) is 10. The van der Waals surface area contributed by atoms with Crippen molar-refractivity contribution in [1.29, 1.82) is 0 Å². The van der Waals surface area contributed by atoms with E-state index in [1.807, 2.05) is 62.3 Å². The fourth-order valence-corrected chi connectivity index (χ4v) is 4.61. The molecule has 0 unspecified atom stereocenters. The molecule has 2 N–H and O–H groups in total. The number of carbonyl (C=O) groups is 1. The van der Waals surface area contributed by atoms with Gasteiger partial charge >= 0.3 is 0 Å². The third kappa shape index (κ3) is 5.71. The van der Waals surface area contributed by atoms with Crippen LogP contribution >= 0.6 is 0 Å². The number of hydrogen-bond donors (Lipinski definition) is 2. The Bertz CT molecular complexity index is 1500. The van der Waals surface area contributed by atoms with Crippen molar-refractivity contribution in [3.05, 3.63) is 54.5 Å². The summed E-state index contributed by atoms with van der Waals surface area (Å²) < 4.78 is 6.16. The molecule has 4 aromatic rings. The van der Waals surface area contributed by atoms with Crippen LogP contribution in [0.5, 0.6) is 11.5 Å². The molecular formula is C28H31N9O2. The molecule has 2 aromatic heterocycles. The van der Waals surface area contributed by atoms with E-state index in [0.717, 1.165) is 60.7 Å².